The molecule has 0 spiro atoms. The molecule has 1 fully saturated rings. The van der Waals surface area contributed by atoms with E-state index in [-0.39, 0.29) is 0 Å². The number of thioether (sulfide) groups is 1. The second kappa shape index (κ2) is 7.74. The van der Waals surface area contributed by atoms with Crippen molar-refractivity contribution in [3.63, 3.8) is 0 Å². The molecule has 0 amide bonds. The van der Waals surface area contributed by atoms with Crippen molar-refractivity contribution >= 4 is 23.4 Å². The third-order valence-electron chi connectivity index (χ3n) is 4.46. The van der Waals surface area contributed by atoms with Gasteiger partial charge in [-0.15, -0.1) is 11.8 Å². The summed E-state index contributed by atoms with van der Waals surface area (Å²) < 4.78 is 0. The highest BCUT2D eigenvalue weighted by atomic mass is 32.2. The van der Waals surface area contributed by atoms with E-state index in [1.54, 1.807) is 0 Å². The lowest BCUT2D eigenvalue weighted by molar-refractivity contribution is 0.0694. The van der Waals surface area contributed by atoms with Gasteiger partial charge in [-0.1, -0.05) is 38.7 Å². The van der Waals surface area contributed by atoms with E-state index in [4.69, 9.17) is 0 Å². The molecule has 1 saturated carbocycles. The first-order chi connectivity index (χ1) is 10.1. The van der Waals surface area contributed by atoms with Gasteiger partial charge in [0.05, 0.1) is 5.56 Å². The fraction of sp³-hybridized carbons (Fsp3) is 0.588. The predicted molar refractivity (Wildman–Crippen MR) is 89.4 cm³/mol. The maximum absolute atomic E-state index is 11.4. The summed E-state index contributed by atoms with van der Waals surface area (Å²) in [5.74, 6) is 0.825. The molecule has 0 aliphatic heterocycles. The zero-order chi connectivity index (χ0) is 15.2. The van der Waals surface area contributed by atoms with Gasteiger partial charge in [0.15, 0.2) is 0 Å². The van der Waals surface area contributed by atoms with Crippen LogP contribution in [0, 0.1) is 11.8 Å². The first-order valence-corrected chi connectivity index (χ1v) is 8.98. The Morgan fingerprint density at radius 3 is 2.67 bits per heavy atom. The van der Waals surface area contributed by atoms with Crippen molar-refractivity contribution in [2.24, 2.45) is 11.8 Å². The van der Waals surface area contributed by atoms with Crippen LogP contribution in [0.3, 0.4) is 0 Å². The summed E-state index contributed by atoms with van der Waals surface area (Å²) in [4.78, 5) is 12.3. The summed E-state index contributed by atoms with van der Waals surface area (Å²) in [6, 6.07) is 5.65. The van der Waals surface area contributed by atoms with Gasteiger partial charge in [-0.25, -0.2) is 4.79 Å². The van der Waals surface area contributed by atoms with Gasteiger partial charge in [0.25, 0.3) is 0 Å². The number of aromatic carboxylic acids is 1. The van der Waals surface area contributed by atoms with E-state index in [2.05, 4.69) is 12.2 Å². The topological polar surface area (TPSA) is 49.3 Å². The molecule has 0 aromatic heterocycles. The maximum Gasteiger partial charge on any atom is 0.338 e. The van der Waals surface area contributed by atoms with Gasteiger partial charge in [-0.2, -0.15) is 0 Å². The average Bonchev–Trinajstić information content (AvgIpc) is 2.48. The van der Waals surface area contributed by atoms with Gasteiger partial charge in [0, 0.05) is 17.1 Å². The fourth-order valence-electron chi connectivity index (χ4n) is 3.10. The highest BCUT2D eigenvalue weighted by Crippen LogP contribution is 2.31. The van der Waals surface area contributed by atoms with E-state index in [1.807, 2.05) is 24.5 Å². The number of anilines is 1. The summed E-state index contributed by atoms with van der Waals surface area (Å²) in [5.41, 5.74) is 1.15. The normalized spacial score (nSPS) is 22.0. The average molecular weight is 307 g/mol. The molecule has 2 N–H and O–H groups in total. The van der Waals surface area contributed by atoms with E-state index in [0.29, 0.717) is 5.56 Å². The van der Waals surface area contributed by atoms with Crippen LogP contribution in [0.15, 0.2) is 23.1 Å². The molecule has 1 aliphatic carbocycles. The van der Waals surface area contributed by atoms with E-state index in [1.165, 1.54) is 37.4 Å². The Kier molecular flexibility index (Phi) is 5.97. The number of benzene rings is 1. The lowest BCUT2D eigenvalue weighted by Gasteiger charge is -2.26. The van der Waals surface area contributed by atoms with E-state index < -0.39 is 5.97 Å². The van der Waals surface area contributed by atoms with Crippen LogP contribution in [0.1, 0.15) is 49.4 Å². The second-order valence-electron chi connectivity index (χ2n) is 6.03. The van der Waals surface area contributed by atoms with Crippen molar-refractivity contribution in [2.45, 2.75) is 43.9 Å². The first kappa shape index (κ1) is 16.2. The lowest BCUT2D eigenvalue weighted by atomic mass is 9.81. The fourth-order valence-corrected chi connectivity index (χ4v) is 3.71. The molecule has 116 valence electrons. The van der Waals surface area contributed by atoms with E-state index in [9.17, 15) is 9.90 Å². The Hall–Kier alpha value is -1.16. The van der Waals surface area contributed by atoms with Crippen LogP contribution < -0.4 is 5.32 Å². The minimum Gasteiger partial charge on any atom is -0.478 e. The molecule has 0 unspecified atom stereocenters. The number of carboxylic acid groups (broad SMARTS) is 1. The Morgan fingerprint density at radius 2 is 2.05 bits per heavy atom. The highest BCUT2D eigenvalue weighted by molar-refractivity contribution is 7.98. The van der Waals surface area contributed by atoms with Crippen LogP contribution >= 0.6 is 11.8 Å². The summed E-state index contributed by atoms with van der Waals surface area (Å²) in [6.07, 6.45) is 8.36. The molecule has 0 atom stereocenters. The SMILES string of the molecule is CSc1cccc(NCCC2CCC(C)CC2)c1C(=O)O. The molecule has 4 heteroatoms. The minimum atomic E-state index is -0.853. The van der Waals surface area contributed by atoms with Gasteiger partial charge in [-0.3, -0.25) is 0 Å². The largest absolute Gasteiger partial charge is 0.478 e. The van der Waals surface area contributed by atoms with Gasteiger partial charge in [-0.05, 0) is 36.6 Å². The van der Waals surface area contributed by atoms with E-state index >= 15 is 0 Å². The van der Waals surface area contributed by atoms with E-state index in [0.717, 1.165) is 35.4 Å². The molecule has 21 heavy (non-hydrogen) atoms. The Bertz CT molecular complexity index is 482. The highest BCUT2D eigenvalue weighted by Gasteiger charge is 2.18. The Labute approximate surface area is 131 Å². The lowest BCUT2D eigenvalue weighted by Crippen LogP contribution is -2.16. The van der Waals surface area contributed by atoms with Crippen molar-refractivity contribution in [2.75, 3.05) is 18.1 Å². The molecule has 0 bridgehead atoms. The van der Waals surface area contributed by atoms with Gasteiger partial charge >= 0.3 is 5.97 Å². The van der Waals surface area contributed by atoms with Crippen molar-refractivity contribution in [3.8, 4) is 0 Å². The molecule has 0 radical (unpaired) electrons. The molecule has 1 aromatic rings. The molecule has 0 heterocycles. The van der Waals surface area contributed by atoms with Crippen LogP contribution in [-0.4, -0.2) is 23.9 Å². The number of carboxylic acids is 1. The van der Waals surface area contributed by atoms with Crippen LogP contribution in [-0.2, 0) is 0 Å². The number of nitrogens with one attached hydrogen (secondary N) is 1. The summed E-state index contributed by atoms with van der Waals surface area (Å²) in [7, 11) is 0. The summed E-state index contributed by atoms with van der Waals surface area (Å²) in [5, 5.41) is 12.7. The van der Waals surface area contributed by atoms with Crippen molar-refractivity contribution in [1.82, 2.24) is 0 Å². The van der Waals surface area contributed by atoms with Gasteiger partial charge in [0.2, 0.25) is 0 Å². The first-order valence-electron chi connectivity index (χ1n) is 7.76. The Balaban J connectivity index is 1.92. The third kappa shape index (κ3) is 4.40. The van der Waals surface area contributed by atoms with Crippen LogP contribution in [0.4, 0.5) is 5.69 Å². The number of carbonyl (C=O) groups is 1. The van der Waals surface area contributed by atoms with Gasteiger partial charge in [0.1, 0.15) is 0 Å². The molecule has 2 rings (SSSR count). The standard InChI is InChI=1S/C17H25NO2S/c1-12-6-8-13(9-7-12)10-11-18-14-4-3-5-15(21-2)16(14)17(19)20/h3-5,12-13,18H,6-11H2,1-2H3,(H,19,20). The summed E-state index contributed by atoms with van der Waals surface area (Å²) in [6.45, 7) is 3.19. The zero-order valence-corrected chi connectivity index (χ0v) is 13.7. The number of hydrogen-bond donors (Lipinski definition) is 2. The molecule has 1 aliphatic rings. The maximum atomic E-state index is 11.4. The van der Waals surface area contributed by atoms with Crippen LogP contribution in [0.25, 0.3) is 0 Å². The number of rotatable bonds is 6. The monoisotopic (exact) mass is 307 g/mol. The van der Waals surface area contributed by atoms with Crippen LogP contribution in [0.5, 0.6) is 0 Å². The minimum absolute atomic E-state index is 0.405. The third-order valence-corrected chi connectivity index (χ3v) is 5.24. The Morgan fingerprint density at radius 1 is 1.33 bits per heavy atom. The smallest absolute Gasteiger partial charge is 0.338 e. The predicted octanol–water partition coefficient (Wildman–Crippen LogP) is 4.74. The zero-order valence-electron chi connectivity index (χ0n) is 12.9. The van der Waals surface area contributed by atoms with Crippen LogP contribution in [0.2, 0.25) is 0 Å². The molecule has 0 saturated heterocycles. The molecular weight excluding hydrogens is 282 g/mol. The van der Waals surface area contributed by atoms with Crippen molar-refractivity contribution in [1.29, 1.82) is 0 Å². The molecule has 1 aromatic carbocycles. The quantitative estimate of drug-likeness (QED) is 0.746. The van der Waals surface area contributed by atoms with Crippen molar-refractivity contribution < 1.29 is 9.90 Å². The summed E-state index contributed by atoms with van der Waals surface area (Å²) >= 11 is 1.48. The molecular formula is C17H25NO2S. The molecule has 3 nitrogen and oxygen atoms in total. The van der Waals surface area contributed by atoms with Gasteiger partial charge < -0.3 is 10.4 Å². The number of hydrogen-bond acceptors (Lipinski definition) is 3. The van der Waals surface area contributed by atoms with Crippen molar-refractivity contribution in [3.05, 3.63) is 23.8 Å². The second-order valence-corrected chi connectivity index (χ2v) is 6.88.